The second-order valence-electron chi connectivity index (χ2n) is 4.56. The summed E-state index contributed by atoms with van der Waals surface area (Å²) in [6.45, 7) is 2.48. The van der Waals surface area contributed by atoms with Crippen LogP contribution in [0.15, 0.2) is 24.3 Å². The third-order valence-corrected chi connectivity index (χ3v) is 3.88. The molecule has 4 nitrogen and oxygen atoms in total. The third-order valence-electron chi connectivity index (χ3n) is 3.26. The first-order valence-corrected chi connectivity index (χ1v) is 7.70. The van der Waals surface area contributed by atoms with Gasteiger partial charge in [-0.1, -0.05) is 12.1 Å². The SMILES string of the molecule is CSCc1ccc(C(=O)N2CCN(C=O)CC2)cc1. The van der Waals surface area contributed by atoms with Crippen LogP contribution in [0, 0.1) is 0 Å². The van der Waals surface area contributed by atoms with Crippen LogP contribution in [0.5, 0.6) is 0 Å². The maximum atomic E-state index is 12.3. The first kappa shape index (κ1) is 13.9. The lowest BCUT2D eigenvalue weighted by Gasteiger charge is -2.32. The monoisotopic (exact) mass is 278 g/mol. The van der Waals surface area contributed by atoms with Gasteiger partial charge in [-0.3, -0.25) is 9.59 Å². The van der Waals surface area contributed by atoms with Gasteiger partial charge in [-0.2, -0.15) is 11.8 Å². The Kier molecular flexibility index (Phi) is 4.85. The van der Waals surface area contributed by atoms with Crippen molar-refractivity contribution in [1.29, 1.82) is 0 Å². The fourth-order valence-corrected chi connectivity index (χ4v) is 2.65. The number of thioether (sulfide) groups is 1. The van der Waals surface area contributed by atoms with E-state index in [9.17, 15) is 9.59 Å². The van der Waals surface area contributed by atoms with Crippen LogP contribution in [0.2, 0.25) is 0 Å². The molecule has 0 atom stereocenters. The number of piperazine rings is 1. The number of nitrogens with zero attached hydrogens (tertiary/aromatic N) is 2. The largest absolute Gasteiger partial charge is 0.342 e. The molecule has 1 aromatic carbocycles. The topological polar surface area (TPSA) is 40.6 Å². The summed E-state index contributed by atoms with van der Waals surface area (Å²) in [6.07, 6.45) is 2.91. The van der Waals surface area contributed by atoms with Crippen LogP contribution in [0.3, 0.4) is 0 Å². The van der Waals surface area contributed by atoms with Gasteiger partial charge in [0.15, 0.2) is 0 Å². The van der Waals surface area contributed by atoms with E-state index in [1.165, 1.54) is 5.56 Å². The number of carbonyl (C=O) groups is 2. The Hall–Kier alpha value is -1.49. The smallest absolute Gasteiger partial charge is 0.253 e. The van der Waals surface area contributed by atoms with Crippen molar-refractivity contribution in [1.82, 2.24) is 9.80 Å². The van der Waals surface area contributed by atoms with Crippen molar-refractivity contribution >= 4 is 24.1 Å². The Morgan fingerprint density at radius 3 is 2.37 bits per heavy atom. The quantitative estimate of drug-likeness (QED) is 0.783. The van der Waals surface area contributed by atoms with Gasteiger partial charge in [-0.05, 0) is 24.0 Å². The molecular formula is C14H18N2O2S. The van der Waals surface area contributed by atoms with Crippen LogP contribution in [0.4, 0.5) is 0 Å². The summed E-state index contributed by atoms with van der Waals surface area (Å²) in [4.78, 5) is 26.4. The number of carbonyl (C=O) groups excluding carboxylic acids is 2. The summed E-state index contributed by atoms with van der Waals surface area (Å²) in [5.74, 6) is 1.02. The zero-order valence-electron chi connectivity index (χ0n) is 11.0. The number of hydrogen-bond acceptors (Lipinski definition) is 3. The van der Waals surface area contributed by atoms with E-state index >= 15 is 0 Å². The van der Waals surface area contributed by atoms with Crippen molar-refractivity contribution < 1.29 is 9.59 Å². The zero-order chi connectivity index (χ0) is 13.7. The predicted molar refractivity (Wildman–Crippen MR) is 77.2 cm³/mol. The Bertz CT molecular complexity index is 439. The molecule has 0 aromatic heterocycles. The van der Waals surface area contributed by atoms with Crippen LogP contribution in [0.1, 0.15) is 15.9 Å². The molecule has 1 fully saturated rings. The van der Waals surface area contributed by atoms with Crippen molar-refractivity contribution in [3.63, 3.8) is 0 Å². The highest BCUT2D eigenvalue weighted by Crippen LogP contribution is 2.13. The molecule has 102 valence electrons. The summed E-state index contributed by atoms with van der Waals surface area (Å²) in [7, 11) is 0. The average molecular weight is 278 g/mol. The zero-order valence-corrected chi connectivity index (χ0v) is 11.9. The fraction of sp³-hybridized carbons (Fsp3) is 0.429. The van der Waals surface area contributed by atoms with E-state index in [1.54, 1.807) is 16.7 Å². The van der Waals surface area contributed by atoms with Gasteiger partial charge in [0.1, 0.15) is 0 Å². The highest BCUT2D eigenvalue weighted by atomic mass is 32.2. The summed E-state index contributed by atoms with van der Waals surface area (Å²) in [6, 6.07) is 7.79. The van der Waals surface area contributed by atoms with Gasteiger partial charge in [-0.25, -0.2) is 0 Å². The van der Waals surface area contributed by atoms with E-state index in [2.05, 4.69) is 6.26 Å². The van der Waals surface area contributed by atoms with E-state index < -0.39 is 0 Å². The second kappa shape index (κ2) is 6.61. The number of amides is 2. The lowest BCUT2D eigenvalue weighted by atomic mass is 10.1. The Morgan fingerprint density at radius 1 is 1.21 bits per heavy atom. The van der Waals surface area contributed by atoms with Crippen molar-refractivity contribution in [3.8, 4) is 0 Å². The average Bonchev–Trinajstić information content (AvgIpc) is 2.48. The standard InChI is InChI=1S/C14H18N2O2S/c1-19-10-12-2-4-13(5-3-12)14(18)16-8-6-15(11-17)7-9-16/h2-5,11H,6-10H2,1H3. The lowest BCUT2D eigenvalue weighted by Crippen LogP contribution is -2.48. The minimum atomic E-state index is 0.0567. The van der Waals surface area contributed by atoms with Gasteiger partial charge in [-0.15, -0.1) is 0 Å². The normalized spacial score (nSPS) is 15.4. The molecule has 1 aliphatic rings. The van der Waals surface area contributed by atoms with Gasteiger partial charge in [0, 0.05) is 37.5 Å². The molecule has 0 saturated carbocycles. The second-order valence-corrected chi connectivity index (χ2v) is 5.43. The molecule has 0 spiro atoms. The van der Waals surface area contributed by atoms with Crippen molar-refractivity contribution in [2.75, 3.05) is 32.4 Å². The van der Waals surface area contributed by atoms with Crippen LogP contribution >= 0.6 is 11.8 Å². The van der Waals surface area contributed by atoms with E-state index in [0.717, 1.165) is 17.7 Å². The molecule has 0 radical (unpaired) electrons. The molecule has 0 N–H and O–H groups in total. The summed E-state index contributed by atoms with van der Waals surface area (Å²) < 4.78 is 0. The summed E-state index contributed by atoms with van der Waals surface area (Å²) in [5.41, 5.74) is 1.96. The molecule has 5 heteroatoms. The third kappa shape index (κ3) is 3.50. The van der Waals surface area contributed by atoms with Crippen LogP contribution in [-0.4, -0.2) is 54.6 Å². The van der Waals surface area contributed by atoms with E-state index in [4.69, 9.17) is 0 Å². The van der Waals surface area contributed by atoms with Gasteiger partial charge in [0.05, 0.1) is 0 Å². The number of rotatable bonds is 4. The molecular weight excluding hydrogens is 260 g/mol. The maximum absolute atomic E-state index is 12.3. The number of hydrogen-bond donors (Lipinski definition) is 0. The molecule has 19 heavy (non-hydrogen) atoms. The molecule has 0 aliphatic carbocycles. The summed E-state index contributed by atoms with van der Waals surface area (Å²) >= 11 is 1.77. The van der Waals surface area contributed by atoms with E-state index in [-0.39, 0.29) is 5.91 Å². The van der Waals surface area contributed by atoms with Crippen LogP contribution < -0.4 is 0 Å². The van der Waals surface area contributed by atoms with Crippen LogP contribution in [0.25, 0.3) is 0 Å². The lowest BCUT2D eigenvalue weighted by molar-refractivity contribution is -0.119. The predicted octanol–water partition coefficient (Wildman–Crippen LogP) is 1.46. The van der Waals surface area contributed by atoms with E-state index in [1.807, 2.05) is 29.2 Å². The molecule has 0 bridgehead atoms. The van der Waals surface area contributed by atoms with Gasteiger partial charge < -0.3 is 9.80 Å². The van der Waals surface area contributed by atoms with Crippen LogP contribution in [-0.2, 0) is 10.5 Å². The first-order valence-electron chi connectivity index (χ1n) is 6.31. The van der Waals surface area contributed by atoms with E-state index in [0.29, 0.717) is 26.2 Å². The molecule has 1 aromatic rings. The Labute approximate surface area is 117 Å². The Morgan fingerprint density at radius 2 is 1.84 bits per heavy atom. The molecule has 1 saturated heterocycles. The van der Waals surface area contributed by atoms with Crippen molar-refractivity contribution in [2.45, 2.75) is 5.75 Å². The molecule has 0 unspecified atom stereocenters. The van der Waals surface area contributed by atoms with Crippen molar-refractivity contribution in [3.05, 3.63) is 35.4 Å². The van der Waals surface area contributed by atoms with Gasteiger partial charge in [0.25, 0.3) is 5.91 Å². The van der Waals surface area contributed by atoms with Gasteiger partial charge in [0.2, 0.25) is 6.41 Å². The van der Waals surface area contributed by atoms with Crippen molar-refractivity contribution in [2.24, 2.45) is 0 Å². The highest BCUT2D eigenvalue weighted by molar-refractivity contribution is 7.97. The molecule has 2 rings (SSSR count). The molecule has 1 heterocycles. The molecule has 1 aliphatic heterocycles. The fourth-order valence-electron chi connectivity index (χ4n) is 2.12. The highest BCUT2D eigenvalue weighted by Gasteiger charge is 2.20. The molecule has 2 amide bonds. The Balaban J connectivity index is 1.97. The minimum Gasteiger partial charge on any atom is -0.342 e. The minimum absolute atomic E-state index is 0.0567. The maximum Gasteiger partial charge on any atom is 0.253 e. The first-order chi connectivity index (χ1) is 9.24. The summed E-state index contributed by atoms with van der Waals surface area (Å²) in [5, 5.41) is 0. The number of benzene rings is 1. The van der Waals surface area contributed by atoms with Gasteiger partial charge >= 0.3 is 0 Å².